The van der Waals surface area contributed by atoms with Gasteiger partial charge in [-0.1, -0.05) is 0 Å². The van der Waals surface area contributed by atoms with Gasteiger partial charge in [-0.15, -0.1) is 0 Å². The van der Waals surface area contributed by atoms with Gasteiger partial charge in [0.1, 0.15) is 5.75 Å². The molecule has 2 aliphatic heterocycles. The molecule has 2 aromatic carbocycles. The molecule has 0 unspecified atom stereocenters. The molecule has 2 aliphatic rings. The summed E-state index contributed by atoms with van der Waals surface area (Å²) in [6, 6.07) is 9.82. The number of hydrogen-bond donors (Lipinski definition) is 2. The summed E-state index contributed by atoms with van der Waals surface area (Å²) in [6.07, 6.45) is 1.16. The Morgan fingerprint density at radius 3 is 2.69 bits per heavy atom. The zero-order valence-corrected chi connectivity index (χ0v) is 17.0. The Hall–Kier alpha value is -3.07. The highest BCUT2D eigenvalue weighted by Crippen LogP contribution is 2.35. The zero-order chi connectivity index (χ0) is 20.9. The van der Waals surface area contributed by atoms with Crippen molar-refractivity contribution in [3.8, 4) is 5.75 Å². The predicted molar refractivity (Wildman–Crippen MR) is 110 cm³/mol. The second-order valence-electron chi connectivity index (χ2n) is 7.37. The number of benzene rings is 2. The van der Waals surface area contributed by atoms with Gasteiger partial charge in [0.05, 0.1) is 17.6 Å². The second kappa shape index (κ2) is 6.77. The number of rotatable bonds is 3. The Balaban J connectivity index is 1.56. The molecule has 2 amide bonds. The van der Waals surface area contributed by atoms with E-state index in [2.05, 4.69) is 10.6 Å². The molecule has 2 atom stereocenters. The third-order valence-electron chi connectivity index (χ3n) is 5.02. The summed E-state index contributed by atoms with van der Waals surface area (Å²) in [5, 5.41) is 5.54. The fraction of sp³-hybridized carbons (Fsp3) is 0.300. The minimum Gasteiger partial charge on any atom is -0.479 e. The van der Waals surface area contributed by atoms with E-state index in [1.54, 1.807) is 43.3 Å². The van der Waals surface area contributed by atoms with Crippen LogP contribution < -0.4 is 19.7 Å². The Labute approximate surface area is 168 Å². The number of fused-ring (bicyclic) bond motifs is 2. The topological polar surface area (TPSA) is 105 Å². The molecular formula is C20H21N3O5S. The van der Waals surface area contributed by atoms with Gasteiger partial charge < -0.3 is 15.4 Å². The van der Waals surface area contributed by atoms with Crippen LogP contribution in [-0.2, 0) is 21.2 Å². The van der Waals surface area contributed by atoms with Crippen LogP contribution in [0.15, 0.2) is 36.4 Å². The molecule has 0 bridgehead atoms. The van der Waals surface area contributed by atoms with Crippen LogP contribution in [0, 0.1) is 0 Å². The van der Waals surface area contributed by atoms with E-state index in [-0.39, 0.29) is 17.9 Å². The van der Waals surface area contributed by atoms with E-state index < -0.39 is 16.1 Å². The lowest BCUT2D eigenvalue weighted by Gasteiger charge is -2.23. The number of amides is 2. The smallest absolute Gasteiger partial charge is 0.265 e. The number of sulfonamides is 1. The van der Waals surface area contributed by atoms with E-state index in [4.69, 9.17) is 4.74 Å². The fourth-order valence-electron chi connectivity index (χ4n) is 3.74. The number of nitrogens with zero attached hydrogens (tertiary/aromatic N) is 1. The molecule has 2 heterocycles. The molecule has 0 aromatic heterocycles. The van der Waals surface area contributed by atoms with Gasteiger partial charge in [0.2, 0.25) is 10.0 Å². The van der Waals surface area contributed by atoms with Crippen molar-refractivity contribution in [1.82, 2.24) is 0 Å². The maximum atomic E-state index is 12.7. The van der Waals surface area contributed by atoms with E-state index >= 15 is 0 Å². The molecule has 0 saturated carbocycles. The van der Waals surface area contributed by atoms with Gasteiger partial charge in [0.25, 0.3) is 11.8 Å². The van der Waals surface area contributed by atoms with Crippen LogP contribution in [0.5, 0.6) is 5.75 Å². The largest absolute Gasteiger partial charge is 0.479 e. The summed E-state index contributed by atoms with van der Waals surface area (Å²) in [5.74, 6) is -0.0266. The molecule has 2 aromatic rings. The number of nitrogens with one attached hydrogen (secondary N) is 2. The van der Waals surface area contributed by atoms with Crippen LogP contribution in [0.4, 0.5) is 17.1 Å². The quantitative estimate of drug-likeness (QED) is 0.801. The van der Waals surface area contributed by atoms with E-state index in [0.29, 0.717) is 34.8 Å². The highest BCUT2D eigenvalue weighted by Gasteiger charge is 2.33. The summed E-state index contributed by atoms with van der Waals surface area (Å²) >= 11 is 0. The second-order valence-corrected chi connectivity index (χ2v) is 9.23. The van der Waals surface area contributed by atoms with Crippen molar-refractivity contribution in [3.05, 3.63) is 47.5 Å². The van der Waals surface area contributed by atoms with Crippen molar-refractivity contribution in [2.75, 3.05) is 21.2 Å². The lowest BCUT2D eigenvalue weighted by molar-refractivity contribution is -0.122. The van der Waals surface area contributed by atoms with Crippen molar-refractivity contribution in [2.45, 2.75) is 32.4 Å². The molecule has 0 radical (unpaired) electrons. The van der Waals surface area contributed by atoms with E-state index in [1.807, 2.05) is 6.92 Å². The highest BCUT2D eigenvalue weighted by molar-refractivity contribution is 7.92. The standard InChI is InChI=1S/C20H21N3O5S/c1-11-8-14-9-13(4-6-17(14)23(11)29(3,26)27)20(25)21-15-5-7-18-16(10-15)22-19(24)12(2)28-18/h4-7,9-12H,8H2,1-3H3,(H,21,25)(H,22,24)/t11-,12-/m0/s1. The normalized spacial score (nSPS) is 20.4. The molecule has 0 aliphatic carbocycles. The Kier molecular flexibility index (Phi) is 4.49. The minimum atomic E-state index is -3.38. The summed E-state index contributed by atoms with van der Waals surface area (Å²) in [7, 11) is -3.38. The molecule has 29 heavy (non-hydrogen) atoms. The van der Waals surface area contributed by atoms with Gasteiger partial charge in [0, 0.05) is 17.3 Å². The number of carbonyl (C=O) groups is 2. The average Bonchev–Trinajstić information content (AvgIpc) is 2.98. The van der Waals surface area contributed by atoms with Gasteiger partial charge in [0.15, 0.2) is 6.10 Å². The Morgan fingerprint density at radius 2 is 1.97 bits per heavy atom. The number of carbonyl (C=O) groups excluding carboxylic acids is 2. The van der Waals surface area contributed by atoms with Gasteiger partial charge in [-0.2, -0.15) is 0 Å². The monoisotopic (exact) mass is 415 g/mol. The van der Waals surface area contributed by atoms with Crippen LogP contribution in [0.2, 0.25) is 0 Å². The van der Waals surface area contributed by atoms with E-state index in [1.165, 1.54) is 10.6 Å². The number of hydrogen-bond acceptors (Lipinski definition) is 5. The maximum absolute atomic E-state index is 12.7. The van der Waals surface area contributed by atoms with Gasteiger partial charge in [-0.05, 0) is 62.2 Å². The van der Waals surface area contributed by atoms with Gasteiger partial charge in [-0.3, -0.25) is 13.9 Å². The summed E-state index contributed by atoms with van der Waals surface area (Å²) in [6.45, 7) is 3.50. The molecular weight excluding hydrogens is 394 g/mol. The van der Waals surface area contributed by atoms with E-state index in [0.717, 1.165) is 5.56 Å². The molecule has 2 N–H and O–H groups in total. The van der Waals surface area contributed by atoms with Crippen LogP contribution in [0.1, 0.15) is 29.8 Å². The molecule has 0 fully saturated rings. The molecule has 4 rings (SSSR count). The first kappa shape index (κ1) is 19.3. The first-order valence-electron chi connectivity index (χ1n) is 9.19. The fourth-order valence-corrected chi connectivity index (χ4v) is 5.00. The highest BCUT2D eigenvalue weighted by atomic mass is 32.2. The third-order valence-corrected chi connectivity index (χ3v) is 6.29. The molecule has 152 valence electrons. The summed E-state index contributed by atoms with van der Waals surface area (Å²) in [4.78, 5) is 24.5. The first-order chi connectivity index (χ1) is 13.6. The molecule has 8 nitrogen and oxygen atoms in total. The average molecular weight is 415 g/mol. The van der Waals surface area contributed by atoms with E-state index in [9.17, 15) is 18.0 Å². The van der Waals surface area contributed by atoms with Gasteiger partial charge in [-0.25, -0.2) is 8.42 Å². The van der Waals surface area contributed by atoms with Crippen LogP contribution >= 0.6 is 0 Å². The Bertz CT molecular complexity index is 1130. The predicted octanol–water partition coefficient (Wildman–Crippen LogP) is 2.37. The molecule has 0 spiro atoms. The molecule has 9 heteroatoms. The van der Waals surface area contributed by atoms with Gasteiger partial charge >= 0.3 is 0 Å². The number of anilines is 3. The third kappa shape index (κ3) is 3.53. The lowest BCUT2D eigenvalue weighted by atomic mass is 10.1. The lowest BCUT2D eigenvalue weighted by Crippen LogP contribution is -2.34. The van der Waals surface area contributed by atoms with Crippen molar-refractivity contribution < 1.29 is 22.7 Å². The van der Waals surface area contributed by atoms with Crippen LogP contribution in [0.3, 0.4) is 0 Å². The van der Waals surface area contributed by atoms with Crippen LogP contribution in [0.25, 0.3) is 0 Å². The van der Waals surface area contributed by atoms with Crippen molar-refractivity contribution in [1.29, 1.82) is 0 Å². The maximum Gasteiger partial charge on any atom is 0.265 e. The number of ether oxygens (including phenoxy) is 1. The van der Waals surface area contributed by atoms with Crippen molar-refractivity contribution >= 4 is 38.9 Å². The molecule has 0 saturated heterocycles. The van der Waals surface area contributed by atoms with Crippen molar-refractivity contribution in [3.63, 3.8) is 0 Å². The summed E-state index contributed by atoms with van der Waals surface area (Å²) < 4.78 is 31.0. The minimum absolute atomic E-state index is 0.190. The first-order valence-corrected chi connectivity index (χ1v) is 11.0. The SMILES string of the molecule is C[C@@H]1Oc2ccc(NC(=O)c3ccc4c(c3)C[C@H](C)N4S(C)(=O)=O)cc2NC1=O. The van der Waals surface area contributed by atoms with Crippen molar-refractivity contribution in [2.24, 2.45) is 0 Å². The summed E-state index contributed by atoms with van der Waals surface area (Å²) in [5.41, 5.74) is 2.87. The zero-order valence-electron chi connectivity index (χ0n) is 16.2. The van der Waals surface area contributed by atoms with Crippen LogP contribution in [-0.4, -0.2) is 38.6 Å². The Morgan fingerprint density at radius 1 is 1.21 bits per heavy atom.